The summed E-state index contributed by atoms with van der Waals surface area (Å²) in [5.74, 6) is 0. The third-order valence-corrected chi connectivity index (χ3v) is 2.52. The highest BCUT2D eigenvalue weighted by atomic mass is 16.3. The number of hydrogen-bond donors (Lipinski definition) is 1. The Hall–Kier alpha value is -1.81. The molecule has 0 aliphatic rings. The quantitative estimate of drug-likeness (QED) is 0.808. The predicted octanol–water partition coefficient (Wildman–Crippen LogP) is 1.85. The molecule has 17 heavy (non-hydrogen) atoms. The van der Waals surface area contributed by atoms with Crippen LogP contribution in [0.4, 0.5) is 10.5 Å². The van der Waals surface area contributed by atoms with E-state index in [2.05, 4.69) is 6.58 Å². The van der Waals surface area contributed by atoms with Crippen LogP contribution in [0.5, 0.6) is 0 Å². The number of carbonyl (C=O) groups is 1. The van der Waals surface area contributed by atoms with Gasteiger partial charge in [0.15, 0.2) is 0 Å². The summed E-state index contributed by atoms with van der Waals surface area (Å²) in [5, 5.41) is 8.93. The van der Waals surface area contributed by atoms with E-state index < -0.39 is 0 Å². The highest BCUT2D eigenvalue weighted by Gasteiger charge is 2.14. The molecule has 0 atom stereocenters. The van der Waals surface area contributed by atoms with E-state index in [1.807, 2.05) is 12.1 Å². The van der Waals surface area contributed by atoms with Gasteiger partial charge in [-0.05, 0) is 17.7 Å². The topological polar surface area (TPSA) is 43.8 Å². The second-order valence-corrected chi connectivity index (χ2v) is 3.84. The van der Waals surface area contributed by atoms with Crippen molar-refractivity contribution in [3.05, 3.63) is 42.5 Å². The Balaban J connectivity index is 2.77. The second-order valence-electron chi connectivity index (χ2n) is 3.84. The van der Waals surface area contributed by atoms with Crippen LogP contribution in [0.1, 0.15) is 5.56 Å². The minimum Gasteiger partial charge on any atom is -0.392 e. The summed E-state index contributed by atoms with van der Waals surface area (Å²) >= 11 is 0. The Labute approximate surface area is 102 Å². The van der Waals surface area contributed by atoms with E-state index in [0.29, 0.717) is 6.54 Å². The van der Waals surface area contributed by atoms with Gasteiger partial charge in [-0.1, -0.05) is 18.2 Å². The van der Waals surface area contributed by atoms with Gasteiger partial charge in [-0.3, -0.25) is 4.90 Å². The summed E-state index contributed by atoms with van der Waals surface area (Å²) in [5.41, 5.74) is 1.62. The molecule has 0 saturated heterocycles. The Morgan fingerprint density at radius 2 is 1.94 bits per heavy atom. The molecule has 0 aliphatic heterocycles. The molecule has 0 fully saturated rings. The van der Waals surface area contributed by atoms with E-state index in [4.69, 9.17) is 5.11 Å². The Morgan fingerprint density at radius 1 is 1.35 bits per heavy atom. The summed E-state index contributed by atoms with van der Waals surface area (Å²) in [6, 6.07) is 7.12. The maximum Gasteiger partial charge on any atom is 0.324 e. The van der Waals surface area contributed by atoms with Crippen molar-refractivity contribution in [2.24, 2.45) is 0 Å². The normalized spacial score (nSPS) is 9.82. The lowest BCUT2D eigenvalue weighted by Crippen LogP contribution is -2.38. The van der Waals surface area contributed by atoms with Crippen LogP contribution in [0.3, 0.4) is 0 Å². The number of aliphatic hydroxyl groups is 1. The molecular formula is C13H18N2O2. The fourth-order valence-corrected chi connectivity index (χ4v) is 1.46. The minimum atomic E-state index is -0.0957. The number of nitrogens with zero attached hydrogens (tertiary/aromatic N) is 2. The number of amides is 2. The molecule has 1 aromatic carbocycles. The molecule has 1 rings (SSSR count). The van der Waals surface area contributed by atoms with Gasteiger partial charge in [0, 0.05) is 26.3 Å². The first-order chi connectivity index (χ1) is 8.10. The van der Waals surface area contributed by atoms with Crippen LogP contribution < -0.4 is 4.90 Å². The monoisotopic (exact) mass is 234 g/mol. The number of carbonyl (C=O) groups excluding carboxylic acids is 1. The number of rotatable bonds is 4. The van der Waals surface area contributed by atoms with E-state index in [-0.39, 0.29) is 12.6 Å². The molecule has 1 N–H and O–H groups in total. The molecule has 0 bridgehead atoms. The first kappa shape index (κ1) is 13.3. The van der Waals surface area contributed by atoms with Crippen LogP contribution in [0, 0.1) is 0 Å². The number of aliphatic hydroxyl groups excluding tert-OH is 1. The van der Waals surface area contributed by atoms with Gasteiger partial charge in [-0.2, -0.15) is 0 Å². The van der Waals surface area contributed by atoms with Crippen molar-refractivity contribution in [1.82, 2.24) is 4.90 Å². The molecule has 0 heterocycles. The Morgan fingerprint density at radius 3 is 2.41 bits per heavy atom. The van der Waals surface area contributed by atoms with Crippen LogP contribution in [-0.2, 0) is 6.61 Å². The van der Waals surface area contributed by atoms with Crippen LogP contribution in [0.15, 0.2) is 36.9 Å². The zero-order valence-electron chi connectivity index (χ0n) is 10.3. The zero-order chi connectivity index (χ0) is 12.8. The van der Waals surface area contributed by atoms with Gasteiger partial charge in [0.25, 0.3) is 0 Å². The molecule has 92 valence electrons. The summed E-state index contributed by atoms with van der Waals surface area (Å²) < 4.78 is 0. The van der Waals surface area contributed by atoms with E-state index in [9.17, 15) is 4.79 Å². The van der Waals surface area contributed by atoms with Gasteiger partial charge in [-0.15, -0.1) is 6.58 Å². The number of urea groups is 1. The fraction of sp³-hybridized carbons (Fsp3) is 0.308. The highest BCUT2D eigenvalue weighted by Crippen LogP contribution is 2.15. The van der Waals surface area contributed by atoms with E-state index in [0.717, 1.165) is 11.3 Å². The van der Waals surface area contributed by atoms with Gasteiger partial charge in [0.2, 0.25) is 0 Å². The largest absolute Gasteiger partial charge is 0.392 e. The van der Waals surface area contributed by atoms with Crippen molar-refractivity contribution in [1.29, 1.82) is 0 Å². The van der Waals surface area contributed by atoms with Crippen molar-refractivity contribution >= 4 is 11.7 Å². The third-order valence-electron chi connectivity index (χ3n) is 2.52. The molecule has 0 spiro atoms. The van der Waals surface area contributed by atoms with Gasteiger partial charge >= 0.3 is 6.03 Å². The smallest absolute Gasteiger partial charge is 0.324 e. The van der Waals surface area contributed by atoms with Gasteiger partial charge in [-0.25, -0.2) is 4.79 Å². The van der Waals surface area contributed by atoms with Crippen molar-refractivity contribution in [3.8, 4) is 0 Å². The lowest BCUT2D eigenvalue weighted by molar-refractivity contribution is 0.221. The highest BCUT2D eigenvalue weighted by molar-refractivity contribution is 5.91. The summed E-state index contributed by atoms with van der Waals surface area (Å²) in [7, 11) is 3.44. The van der Waals surface area contributed by atoms with E-state index in [1.165, 1.54) is 0 Å². The zero-order valence-corrected chi connectivity index (χ0v) is 10.3. The maximum atomic E-state index is 11.9. The number of anilines is 1. The fourth-order valence-electron chi connectivity index (χ4n) is 1.46. The van der Waals surface area contributed by atoms with Crippen LogP contribution in [0.25, 0.3) is 0 Å². The van der Waals surface area contributed by atoms with Gasteiger partial charge in [0.1, 0.15) is 0 Å². The molecule has 2 amide bonds. The predicted molar refractivity (Wildman–Crippen MR) is 69.0 cm³/mol. The molecule has 0 aromatic heterocycles. The standard InChI is InChI=1S/C13H18N2O2/c1-4-9-14(2)13(17)15(3)12-7-5-11(10-16)6-8-12/h4-8,16H,1,9-10H2,2-3H3. The first-order valence-corrected chi connectivity index (χ1v) is 5.39. The lowest BCUT2D eigenvalue weighted by atomic mass is 10.2. The Kier molecular flexibility index (Phi) is 4.72. The summed E-state index contributed by atoms with van der Waals surface area (Å²) in [4.78, 5) is 15.1. The second kappa shape index (κ2) is 6.06. The van der Waals surface area contributed by atoms with Gasteiger partial charge in [0.05, 0.1) is 6.61 Å². The molecule has 0 unspecified atom stereocenters. The number of benzene rings is 1. The molecule has 4 nitrogen and oxygen atoms in total. The molecule has 0 aliphatic carbocycles. The van der Waals surface area contributed by atoms with Crippen LogP contribution >= 0.6 is 0 Å². The van der Waals surface area contributed by atoms with Gasteiger partial charge < -0.3 is 10.0 Å². The third kappa shape index (κ3) is 3.32. The van der Waals surface area contributed by atoms with Crippen molar-refractivity contribution < 1.29 is 9.90 Å². The van der Waals surface area contributed by atoms with Crippen LogP contribution in [0.2, 0.25) is 0 Å². The average molecular weight is 234 g/mol. The van der Waals surface area contributed by atoms with Crippen molar-refractivity contribution in [2.45, 2.75) is 6.61 Å². The number of likely N-dealkylation sites (N-methyl/N-ethyl adjacent to an activating group) is 1. The Bertz CT molecular complexity index is 387. The summed E-state index contributed by atoms with van der Waals surface area (Å²) in [6.45, 7) is 4.12. The first-order valence-electron chi connectivity index (χ1n) is 5.39. The SMILES string of the molecule is C=CCN(C)C(=O)N(C)c1ccc(CO)cc1. The average Bonchev–Trinajstić information content (AvgIpc) is 2.37. The van der Waals surface area contributed by atoms with E-state index >= 15 is 0 Å². The molecule has 0 radical (unpaired) electrons. The van der Waals surface area contributed by atoms with Crippen LogP contribution in [-0.4, -0.2) is 36.7 Å². The number of hydrogen-bond acceptors (Lipinski definition) is 2. The van der Waals surface area contributed by atoms with E-state index in [1.54, 1.807) is 42.1 Å². The molecule has 4 heteroatoms. The minimum absolute atomic E-state index is 0.00824. The molecule has 0 saturated carbocycles. The van der Waals surface area contributed by atoms with Crippen molar-refractivity contribution in [3.63, 3.8) is 0 Å². The molecule has 1 aromatic rings. The van der Waals surface area contributed by atoms with Crippen molar-refractivity contribution in [2.75, 3.05) is 25.5 Å². The lowest BCUT2D eigenvalue weighted by Gasteiger charge is -2.24. The molecular weight excluding hydrogens is 216 g/mol. The summed E-state index contributed by atoms with van der Waals surface area (Å²) in [6.07, 6.45) is 1.68. The maximum absolute atomic E-state index is 11.9.